The lowest BCUT2D eigenvalue weighted by molar-refractivity contribution is -0.123. The van der Waals surface area contributed by atoms with E-state index in [0.717, 1.165) is 11.3 Å². The van der Waals surface area contributed by atoms with Crippen LogP contribution in [0, 0.1) is 6.92 Å². The Balaban J connectivity index is 1.55. The van der Waals surface area contributed by atoms with Crippen molar-refractivity contribution in [1.29, 1.82) is 0 Å². The highest BCUT2D eigenvalue weighted by Gasteiger charge is 2.21. The predicted octanol–water partition coefficient (Wildman–Crippen LogP) is 3.21. The van der Waals surface area contributed by atoms with Crippen molar-refractivity contribution >= 4 is 21.6 Å². The second-order valence-corrected chi connectivity index (χ2v) is 9.84. The molecule has 0 aliphatic heterocycles. The number of hydrogen-bond donors (Lipinski definition) is 1. The van der Waals surface area contributed by atoms with Gasteiger partial charge in [-0.05, 0) is 69.6 Å². The Hall–Kier alpha value is -3.30. The second kappa shape index (κ2) is 10.5. The van der Waals surface area contributed by atoms with E-state index < -0.39 is 10.0 Å². The van der Waals surface area contributed by atoms with Gasteiger partial charge in [0.1, 0.15) is 11.5 Å². The number of ether oxygens (including phenoxy) is 1. The second-order valence-electron chi connectivity index (χ2n) is 7.87. The van der Waals surface area contributed by atoms with Crippen molar-refractivity contribution in [3.63, 3.8) is 0 Å². The summed E-state index contributed by atoms with van der Waals surface area (Å²) in [5, 5.41) is 2.84. The Morgan fingerprint density at radius 3 is 2.27 bits per heavy atom. The summed E-state index contributed by atoms with van der Waals surface area (Å²) in [6, 6.07) is 16.8. The normalized spacial score (nSPS) is 12.4. The number of hydrogen-bond acceptors (Lipinski definition) is 6. The van der Waals surface area contributed by atoms with Crippen LogP contribution in [-0.4, -0.2) is 53.5 Å². The Labute approximate surface area is 194 Å². The van der Waals surface area contributed by atoms with Gasteiger partial charge in [-0.25, -0.2) is 8.42 Å². The Morgan fingerprint density at radius 2 is 1.70 bits per heavy atom. The molecule has 2 aromatic carbocycles. The fraction of sp³-hybridized carbons (Fsp3) is 0.292. The summed E-state index contributed by atoms with van der Waals surface area (Å²) >= 11 is 0. The molecule has 1 amide bonds. The number of amides is 1. The fourth-order valence-corrected chi connectivity index (χ4v) is 4.38. The third-order valence-corrected chi connectivity index (χ3v) is 7.04. The van der Waals surface area contributed by atoms with Crippen molar-refractivity contribution in [3.8, 4) is 5.75 Å². The molecule has 0 saturated heterocycles. The van der Waals surface area contributed by atoms with Gasteiger partial charge in [0, 0.05) is 13.6 Å². The van der Waals surface area contributed by atoms with Crippen molar-refractivity contribution in [3.05, 3.63) is 78.3 Å². The molecule has 0 spiro atoms. The number of anilines is 1. The lowest BCUT2D eigenvalue weighted by atomic mass is 10.2. The number of sulfonamides is 1. The average Bonchev–Trinajstić information content (AvgIpc) is 3.32. The van der Waals surface area contributed by atoms with Crippen LogP contribution >= 0.6 is 0 Å². The fourth-order valence-electron chi connectivity index (χ4n) is 3.19. The van der Waals surface area contributed by atoms with Crippen molar-refractivity contribution in [2.75, 3.05) is 38.6 Å². The van der Waals surface area contributed by atoms with Gasteiger partial charge >= 0.3 is 0 Å². The van der Waals surface area contributed by atoms with Crippen LogP contribution in [0.3, 0.4) is 0 Å². The van der Waals surface area contributed by atoms with Crippen LogP contribution in [0.25, 0.3) is 0 Å². The Morgan fingerprint density at radius 1 is 1.03 bits per heavy atom. The number of benzene rings is 2. The van der Waals surface area contributed by atoms with E-state index in [0.29, 0.717) is 18.0 Å². The van der Waals surface area contributed by atoms with Crippen LogP contribution in [0.5, 0.6) is 5.75 Å². The van der Waals surface area contributed by atoms with Crippen LogP contribution in [-0.2, 0) is 14.8 Å². The number of nitrogens with zero attached hydrogens (tertiary/aromatic N) is 2. The first-order chi connectivity index (χ1) is 15.7. The molecule has 1 atom stereocenters. The summed E-state index contributed by atoms with van der Waals surface area (Å²) in [6.45, 7) is 2.12. The van der Waals surface area contributed by atoms with E-state index in [1.54, 1.807) is 54.8 Å². The van der Waals surface area contributed by atoms with Gasteiger partial charge in [0.05, 0.1) is 22.9 Å². The standard InChI is InChI=1S/C24H29N3O5S/c1-18-7-13-21(14-8-18)33(29,30)27(4)19-9-11-20(12-10-19)32-17-24(28)25-16-22(26(2)3)23-6-5-15-31-23/h5-15,22H,16-17H2,1-4H3,(H,25,28)/t22-/m0/s1. The van der Waals surface area contributed by atoms with E-state index >= 15 is 0 Å². The summed E-state index contributed by atoms with van der Waals surface area (Å²) in [4.78, 5) is 14.4. The van der Waals surface area contributed by atoms with Crippen molar-refractivity contribution < 1.29 is 22.4 Å². The van der Waals surface area contributed by atoms with E-state index in [1.165, 1.54) is 11.4 Å². The molecule has 0 saturated carbocycles. The quantitative estimate of drug-likeness (QED) is 0.488. The predicted molar refractivity (Wildman–Crippen MR) is 127 cm³/mol. The van der Waals surface area contributed by atoms with Gasteiger partial charge in [-0.1, -0.05) is 17.7 Å². The summed E-state index contributed by atoms with van der Waals surface area (Å²) < 4.78 is 37.9. The van der Waals surface area contributed by atoms with Crippen LogP contribution in [0.4, 0.5) is 5.69 Å². The topological polar surface area (TPSA) is 92.1 Å². The minimum Gasteiger partial charge on any atom is -0.484 e. The molecule has 3 rings (SSSR count). The van der Waals surface area contributed by atoms with Crippen molar-refractivity contribution in [1.82, 2.24) is 10.2 Å². The number of likely N-dealkylation sites (N-methyl/N-ethyl adjacent to an activating group) is 1. The van der Waals surface area contributed by atoms with Gasteiger partial charge in [-0.3, -0.25) is 14.0 Å². The zero-order chi connectivity index (χ0) is 24.0. The molecule has 8 nitrogen and oxygen atoms in total. The van der Waals surface area contributed by atoms with Gasteiger partial charge in [0.25, 0.3) is 15.9 Å². The maximum Gasteiger partial charge on any atom is 0.264 e. The van der Waals surface area contributed by atoms with Gasteiger partial charge in [-0.2, -0.15) is 0 Å². The number of carbonyl (C=O) groups excluding carboxylic acids is 1. The van der Waals surface area contributed by atoms with Gasteiger partial charge in [0.2, 0.25) is 0 Å². The number of carbonyl (C=O) groups is 1. The molecule has 0 radical (unpaired) electrons. The molecule has 1 heterocycles. The molecule has 3 aromatic rings. The highest BCUT2D eigenvalue weighted by molar-refractivity contribution is 7.92. The number of furan rings is 1. The molecule has 0 unspecified atom stereocenters. The summed E-state index contributed by atoms with van der Waals surface area (Å²) in [5.74, 6) is 0.961. The number of nitrogens with one attached hydrogen (secondary N) is 1. The van der Waals surface area contributed by atoms with Gasteiger partial charge < -0.3 is 14.5 Å². The molecule has 1 aromatic heterocycles. The van der Waals surface area contributed by atoms with E-state index in [1.807, 2.05) is 38.1 Å². The molecular weight excluding hydrogens is 442 g/mol. The van der Waals surface area contributed by atoms with E-state index in [4.69, 9.17) is 9.15 Å². The molecule has 0 aliphatic carbocycles. The number of rotatable bonds is 10. The molecule has 33 heavy (non-hydrogen) atoms. The van der Waals surface area contributed by atoms with Crippen molar-refractivity contribution in [2.24, 2.45) is 0 Å². The molecular formula is C24H29N3O5S. The smallest absolute Gasteiger partial charge is 0.264 e. The summed E-state index contributed by atoms with van der Waals surface area (Å²) in [5.41, 5.74) is 1.47. The molecule has 9 heteroatoms. The average molecular weight is 472 g/mol. The third kappa shape index (κ3) is 6.15. The first-order valence-electron chi connectivity index (χ1n) is 10.4. The van der Waals surface area contributed by atoms with Crippen LogP contribution in [0.15, 0.2) is 76.2 Å². The Bertz CT molecular complexity index is 1140. The van der Waals surface area contributed by atoms with Crippen LogP contribution < -0.4 is 14.4 Å². The lowest BCUT2D eigenvalue weighted by Gasteiger charge is -2.22. The summed E-state index contributed by atoms with van der Waals surface area (Å²) in [6.07, 6.45) is 1.60. The zero-order valence-electron chi connectivity index (χ0n) is 19.2. The lowest BCUT2D eigenvalue weighted by Crippen LogP contribution is -2.36. The molecule has 0 bridgehead atoms. The molecule has 0 fully saturated rings. The summed E-state index contributed by atoms with van der Waals surface area (Å²) in [7, 11) is 1.65. The van der Waals surface area contributed by atoms with Crippen LogP contribution in [0.2, 0.25) is 0 Å². The Kier molecular flexibility index (Phi) is 7.78. The van der Waals surface area contributed by atoms with E-state index in [-0.39, 0.29) is 23.5 Å². The van der Waals surface area contributed by atoms with Crippen molar-refractivity contribution in [2.45, 2.75) is 17.9 Å². The SMILES string of the molecule is Cc1ccc(S(=O)(=O)N(C)c2ccc(OCC(=O)NC[C@@H](c3ccco3)N(C)C)cc2)cc1. The highest BCUT2D eigenvalue weighted by atomic mass is 32.2. The first kappa shape index (κ1) is 24.3. The first-order valence-corrected chi connectivity index (χ1v) is 11.9. The maximum atomic E-state index is 12.8. The number of aryl methyl sites for hydroxylation is 1. The monoisotopic (exact) mass is 471 g/mol. The highest BCUT2D eigenvalue weighted by Crippen LogP contribution is 2.24. The molecule has 0 aliphatic rings. The molecule has 1 N–H and O–H groups in total. The largest absolute Gasteiger partial charge is 0.484 e. The minimum absolute atomic E-state index is 0.0887. The van der Waals surface area contributed by atoms with Gasteiger partial charge in [0.15, 0.2) is 6.61 Å². The third-order valence-electron chi connectivity index (χ3n) is 5.24. The maximum absolute atomic E-state index is 12.8. The zero-order valence-corrected chi connectivity index (χ0v) is 20.0. The van der Waals surface area contributed by atoms with Crippen LogP contribution in [0.1, 0.15) is 17.4 Å². The molecule has 176 valence electrons. The van der Waals surface area contributed by atoms with E-state index in [9.17, 15) is 13.2 Å². The minimum atomic E-state index is -3.67. The van der Waals surface area contributed by atoms with E-state index in [2.05, 4.69) is 5.32 Å². The van der Waals surface area contributed by atoms with Gasteiger partial charge in [-0.15, -0.1) is 0 Å².